The molecule has 0 saturated heterocycles. The number of hydrogen-bond acceptors (Lipinski definition) is 6. The number of carbonyl (C=O) groups excluding carboxylic acids is 1. The number of halogens is 1. The van der Waals surface area contributed by atoms with Gasteiger partial charge in [-0.15, -0.1) is 23.1 Å². The lowest BCUT2D eigenvalue weighted by atomic mass is 10.4. The molecule has 3 rings (SSSR count). The largest absolute Gasteiger partial charge is 0.459 e. The van der Waals surface area contributed by atoms with E-state index in [-0.39, 0.29) is 24.6 Å². The maximum absolute atomic E-state index is 12.1. The van der Waals surface area contributed by atoms with Crippen LogP contribution in [0.15, 0.2) is 45.4 Å². The first-order valence-corrected chi connectivity index (χ1v) is 9.78. The van der Waals surface area contributed by atoms with E-state index in [0.717, 1.165) is 10.6 Å². The van der Waals surface area contributed by atoms with E-state index in [0.29, 0.717) is 21.4 Å². The predicted molar refractivity (Wildman–Crippen MR) is 101 cm³/mol. The molecule has 5 nitrogen and oxygen atoms in total. The summed E-state index contributed by atoms with van der Waals surface area (Å²) < 4.78 is 6.76. The van der Waals surface area contributed by atoms with E-state index in [1.165, 1.54) is 17.4 Å². The van der Waals surface area contributed by atoms with Gasteiger partial charge < -0.3 is 4.74 Å². The third-order valence-corrected chi connectivity index (χ3v) is 5.61. The van der Waals surface area contributed by atoms with Crippen molar-refractivity contribution in [1.82, 2.24) is 9.38 Å². The van der Waals surface area contributed by atoms with Crippen LogP contribution in [0.4, 0.5) is 0 Å². The minimum Gasteiger partial charge on any atom is -0.459 e. The number of thioether (sulfide) groups is 1. The van der Waals surface area contributed by atoms with Crippen molar-refractivity contribution in [2.45, 2.75) is 24.8 Å². The molecule has 1 aromatic carbocycles. The van der Waals surface area contributed by atoms with E-state index in [2.05, 4.69) is 4.98 Å². The van der Waals surface area contributed by atoms with Crippen LogP contribution in [0, 0.1) is 6.92 Å². The van der Waals surface area contributed by atoms with Crippen LogP contribution in [0.5, 0.6) is 0 Å². The maximum Gasteiger partial charge on any atom is 0.307 e. The van der Waals surface area contributed by atoms with Crippen molar-refractivity contribution in [3.8, 4) is 0 Å². The van der Waals surface area contributed by atoms with Crippen molar-refractivity contribution < 1.29 is 9.53 Å². The average Bonchev–Trinajstić information content (AvgIpc) is 2.96. The number of nitrogens with zero attached hydrogens (tertiary/aromatic N) is 2. The molecule has 0 spiro atoms. The number of carbonyl (C=O) groups is 1. The van der Waals surface area contributed by atoms with Gasteiger partial charge in [-0.05, 0) is 31.2 Å². The first-order valence-electron chi connectivity index (χ1n) is 7.54. The minimum atomic E-state index is -0.314. The van der Waals surface area contributed by atoms with Crippen molar-refractivity contribution in [1.29, 1.82) is 0 Å². The van der Waals surface area contributed by atoms with E-state index in [9.17, 15) is 9.59 Å². The highest BCUT2D eigenvalue weighted by Crippen LogP contribution is 2.21. The van der Waals surface area contributed by atoms with Crippen LogP contribution in [0.2, 0.25) is 5.02 Å². The molecular formula is C17H15ClN2O3S2. The van der Waals surface area contributed by atoms with Gasteiger partial charge in [-0.1, -0.05) is 11.6 Å². The van der Waals surface area contributed by atoms with E-state index in [4.69, 9.17) is 16.3 Å². The molecule has 2 heterocycles. The highest BCUT2D eigenvalue weighted by Gasteiger charge is 2.09. The molecule has 8 heteroatoms. The van der Waals surface area contributed by atoms with Gasteiger partial charge in [0.2, 0.25) is 0 Å². The second kappa shape index (κ2) is 8.03. The van der Waals surface area contributed by atoms with Crippen LogP contribution in [-0.4, -0.2) is 21.1 Å². The Balaban J connectivity index is 1.50. The van der Waals surface area contributed by atoms with Crippen LogP contribution >= 0.6 is 34.7 Å². The molecule has 130 valence electrons. The van der Waals surface area contributed by atoms with Crippen LogP contribution in [-0.2, 0) is 16.1 Å². The number of benzene rings is 1. The predicted octanol–water partition coefficient (Wildman–Crippen LogP) is 3.94. The molecule has 0 amide bonds. The summed E-state index contributed by atoms with van der Waals surface area (Å²) in [5.74, 6) is 0.297. The molecule has 25 heavy (non-hydrogen) atoms. The van der Waals surface area contributed by atoms with Gasteiger partial charge in [0.05, 0.1) is 12.1 Å². The average molecular weight is 395 g/mol. The Hall–Kier alpha value is -1.83. The van der Waals surface area contributed by atoms with Gasteiger partial charge in [-0.2, -0.15) is 0 Å². The lowest BCUT2D eigenvalue weighted by molar-refractivity contribution is -0.144. The third kappa shape index (κ3) is 4.62. The molecule has 0 bridgehead atoms. The van der Waals surface area contributed by atoms with Crippen molar-refractivity contribution in [3.63, 3.8) is 0 Å². The Labute approximate surface area is 157 Å². The fraction of sp³-hybridized carbons (Fsp3) is 0.235. The maximum atomic E-state index is 12.1. The van der Waals surface area contributed by atoms with Crippen molar-refractivity contribution in [2.75, 3.05) is 5.75 Å². The highest BCUT2D eigenvalue weighted by atomic mass is 35.5. The van der Waals surface area contributed by atoms with Gasteiger partial charge in [0, 0.05) is 32.8 Å². The van der Waals surface area contributed by atoms with Gasteiger partial charge >= 0.3 is 5.97 Å². The summed E-state index contributed by atoms with van der Waals surface area (Å²) in [4.78, 5) is 29.9. The molecule has 0 aliphatic carbocycles. The number of aryl methyl sites for hydroxylation is 1. The van der Waals surface area contributed by atoms with Crippen molar-refractivity contribution >= 4 is 45.6 Å². The molecule has 0 aliphatic heterocycles. The second-order valence-electron chi connectivity index (χ2n) is 5.29. The smallest absolute Gasteiger partial charge is 0.307 e. The van der Waals surface area contributed by atoms with Gasteiger partial charge in [-0.25, -0.2) is 4.98 Å². The van der Waals surface area contributed by atoms with Gasteiger partial charge in [0.25, 0.3) is 5.56 Å². The van der Waals surface area contributed by atoms with Crippen LogP contribution in [0.25, 0.3) is 4.96 Å². The topological polar surface area (TPSA) is 60.7 Å². The highest BCUT2D eigenvalue weighted by molar-refractivity contribution is 7.99. The Kier molecular flexibility index (Phi) is 5.78. The first-order chi connectivity index (χ1) is 12.0. The number of esters is 1. The first kappa shape index (κ1) is 18.0. The standard InChI is InChI=1S/C17H15ClN2O3S2/c1-11-10-25-17-19-13(8-15(21)20(11)17)9-23-16(22)6-7-24-14-4-2-12(18)3-5-14/h2-5,8,10H,6-7,9H2,1H3. The number of fused-ring (bicyclic) bond motifs is 1. The lowest BCUT2D eigenvalue weighted by Gasteiger charge is -2.05. The monoisotopic (exact) mass is 394 g/mol. The fourth-order valence-electron chi connectivity index (χ4n) is 2.18. The molecule has 0 unspecified atom stereocenters. The van der Waals surface area contributed by atoms with E-state index >= 15 is 0 Å². The Bertz CT molecular complexity index is 951. The molecule has 0 aliphatic rings. The summed E-state index contributed by atoms with van der Waals surface area (Å²) in [5, 5.41) is 2.55. The van der Waals surface area contributed by atoms with Gasteiger partial charge in [-0.3, -0.25) is 14.0 Å². The molecule has 0 fully saturated rings. The zero-order chi connectivity index (χ0) is 17.8. The van der Waals surface area contributed by atoms with Gasteiger partial charge in [0.1, 0.15) is 6.61 Å². The summed E-state index contributed by atoms with van der Waals surface area (Å²) >= 11 is 8.78. The van der Waals surface area contributed by atoms with E-state index in [1.807, 2.05) is 36.6 Å². The van der Waals surface area contributed by atoms with Crippen molar-refractivity contribution in [3.05, 3.63) is 62.5 Å². The Morgan fingerprint density at radius 1 is 1.36 bits per heavy atom. The molecular weight excluding hydrogens is 380 g/mol. The molecule has 2 aromatic heterocycles. The normalized spacial score (nSPS) is 11.0. The molecule has 0 radical (unpaired) electrons. The molecule has 0 N–H and O–H groups in total. The Morgan fingerprint density at radius 2 is 2.12 bits per heavy atom. The summed E-state index contributed by atoms with van der Waals surface area (Å²) in [6, 6.07) is 8.86. The number of ether oxygens (including phenoxy) is 1. The van der Waals surface area contributed by atoms with E-state index < -0.39 is 0 Å². The summed E-state index contributed by atoms with van der Waals surface area (Å²) in [6.45, 7) is 1.86. The quantitative estimate of drug-likeness (QED) is 0.468. The molecule has 3 aromatic rings. The van der Waals surface area contributed by atoms with Crippen LogP contribution in [0.3, 0.4) is 0 Å². The summed E-state index contributed by atoms with van der Waals surface area (Å²) in [6.07, 6.45) is 0.284. The number of hydrogen-bond donors (Lipinski definition) is 0. The van der Waals surface area contributed by atoms with Crippen LogP contribution in [0.1, 0.15) is 17.8 Å². The summed E-state index contributed by atoms with van der Waals surface area (Å²) in [7, 11) is 0. The SMILES string of the molecule is Cc1csc2nc(COC(=O)CCSc3ccc(Cl)cc3)cc(=O)n12. The fourth-order valence-corrected chi connectivity index (χ4v) is 4.03. The van der Waals surface area contributed by atoms with E-state index in [1.54, 1.807) is 16.2 Å². The second-order valence-corrected chi connectivity index (χ2v) is 7.74. The third-order valence-electron chi connectivity index (χ3n) is 3.40. The Morgan fingerprint density at radius 3 is 2.88 bits per heavy atom. The number of rotatable bonds is 6. The number of aromatic nitrogens is 2. The van der Waals surface area contributed by atoms with Gasteiger partial charge in [0.15, 0.2) is 4.96 Å². The summed E-state index contributed by atoms with van der Waals surface area (Å²) in [5.41, 5.74) is 1.15. The van der Waals surface area contributed by atoms with Crippen molar-refractivity contribution in [2.24, 2.45) is 0 Å². The molecule has 0 atom stereocenters. The zero-order valence-corrected chi connectivity index (χ0v) is 15.8. The minimum absolute atomic E-state index is 0.00708. The molecule has 0 saturated carbocycles. The lowest BCUT2D eigenvalue weighted by Crippen LogP contribution is -2.16. The van der Waals surface area contributed by atoms with Crippen LogP contribution < -0.4 is 5.56 Å². The number of thiazole rings is 1. The zero-order valence-electron chi connectivity index (χ0n) is 13.4.